The van der Waals surface area contributed by atoms with E-state index in [0.29, 0.717) is 11.5 Å². The van der Waals surface area contributed by atoms with Gasteiger partial charge in [0, 0.05) is 18.3 Å². The zero-order valence-electron chi connectivity index (χ0n) is 17.3. The Bertz CT molecular complexity index is 1080. The van der Waals surface area contributed by atoms with Crippen molar-refractivity contribution in [3.8, 4) is 11.4 Å². The Hall–Kier alpha value is -3.95. The Morgan fingerprint density at radius 3 is 2.68 bits per heavy atom. The number of nitrogens with zero attached hydrogens (tertiary/aromatic N) is 4. The number of hydrogen-bond acceptors (Lipinski definition) is 5. The highest BCUT2D eigenvalue weighted by Gasteiger charge is 2.33. The van der Waals surface area contributed by atoms with E-state index >= 15 is 0 Å². The van der Waals surface area contributed by atoms with Gasteiger partial charge in [-0.05, 0) is 13.0 Å². The number of benzene rings is 1. The average molecular weight is 421 g/mol. The minimum atomic E-state index is -0.928. The first-order valence-electron chi connectivity index (χ1n) is 9.87. The number of H-pyrrole nitrogens is 1. The van der Waals surface area contributed by atoms with Crippen LogP contribution in [0.25, 0.3) is 11.4 Å². The van der Waals surface area contributed by atoms with E-state index in [1.807, 2.05) is 50.4 Å². The molecule has 0 radical (unpaired) electrons. The molecular formula is C21H23N7O3. The number of aromatic nitrogens is 4. The van der Waals surface area contributed by atoms with Crippen LogP contribution < -0.4 is 10.6 Å². The fourth-order valence-electron chi connectivity index (χ4n) is 3.49. The molecule has 0 saturated carbocycles. The summed E-state index contributed by atoms with van der Waals surface area (Å²) in [7, 11) is 1.83. The zero-order valence-corrected chi connectivity index (χ0v) is 17.3. The van der Waals surface area contributed by atoms with Gasteiger partial charge in [-0.25, -0.2) is 9.78 Å². The lowest BCUT2D eigenvalue weighted by Crippen LogP contribution is -2.58. The molecule has 1 saturated heterocycles. The number of imide groups is 1. The van der Waals surface area contributed by atoms with Crippen molar-refractivity contribution in [2.24, 2.45) is 7.05 Å². The SMILES string of the molecule is Cc1cc(CN(Cc2cnc(-c3ccccc3)[nH]2)C(=O)C2CC(=O)NC(=O)N2)nn1C. The van der Waals surface area contributed by atoms with Crippen LogP contribution in [-0.2, 0) is 29.7 Å². The molecule has 1 aromatic carbocycles. The summed E-state index contributed by atoms with van der Waals surface area (Å²) in [6.45, 7) is 2.38. The Balaban J connectivity index is 1.57. The third kappa shape index (κ3) is 4.63. The molecule has 0 bridgehead atoms. The first-order valence-corrected chi connectivity index (χ1v) is 9.87. The molecule has 2 aromatic heterocycles. The largest absolute Gasteiger partial charge is 0.340 e. The number of carbonyl (C=O) groups is 3. The van der Waals surface area contributed by atoms with E-state index < -0.39 is 18.0 Å². The summed E-state index contributed by atoms with van der Waals surface area (Å²) in [6, 6.07) is 9.96. The molecule has 3 N–H and O–H groups in total. The van der Waals surface area contributed by atoms with Gasteiger partial charge in [-0.3, -0.25) is 19.6 Å². The molecule has 10 nitrogen and oxygen atoms in total. The van der Waals surface area contributed by atoms with Crippen molar-refractivity contribution < 1.29 is 14.4 Å². The summed E-state index contributed by atoms with van der Waals surface area (Å²) in [5.41, 5.74) is 3.33. The van der Waals surface area contributed by atoms with Crippen LogP contribution in [0.4, 0.5) is 4.79 Å². The molecule has 1 fully saturated rings. The lowest BCUT2D eigenvalue weighted by molar-refractivity contribution is -0.137. The maximum absolute atomic E-state index is 13.2. The molecule has 0 aliphatic carbocycles. The Morgan fingerprint density at radius 1 is 1.23 bits per heavy atom. The number of carbonyl (C=O) groups excluding carboxylic acids is 3. The van der Waals surface area contributed by atoms with Gasteiger partial charge in [-0.15, -0.1) is 0 Å². The molecular weight excluding hydrogens is 398 g/mol. The first-order chi connectivity index (χ1) is 14.9. The third-order valence-corrected chi connectivity index (χ3v) is 5.11. The van der Waals surface area contributed by atoms with E-state index in [9.17, 15) is 14.4 Å². The minimum absolute atomic E-state index is 0.111. The van der Waals surface area contributed by atoms with E-state index in [-0.39, 0.29) is 25.4 Å². The van der Waals surface area contributed by atoms with Crippen molar-refractivity contribution in [2.75, 3.05) is 0 Å². The zero-order chi connectivity index (χ0) is 22.0. The standard InChI is InChI=1S/C21H23N7O3/c1-13-8-15(26-27(13)2)11-28(20(30)17-9-18(29)25-21(31)24-17)12-16-10-22-19(23-16)14-6-4-3-5-7-14/h3-8,10,17H,9,11-12H2,1-2H3,(H,22,23)(H2,24,25,29,31). The van der Waals surface area contributed by atoms with Gasteiger partial charge >= 0.3 is 6.03 Å². The van der Waals surface area contributed by atoms with E-state index in [1.165, 1.54) is 0 Å². The van der Waals surface area contributed by atoms with Gasteiger partial charge in [0.1, 0.15) is 11.9 Å². The van der Waals surface area contributed by atoms with Crippen molar-refractivity contribution >= 4 is 17.8 Å². The second-order valence-corrected chi connectivity index (χ2v) is 7.50. The van der Waals surface area contributed by atoms with Crippen LogP contribution in [0.1, 0.15) is 23.5 Å². The van der Waals surface area contributed by atoms with Crippen molar-refractivity contribution in [2.45, 2.75) is 32.5 Å². The predicted octanol–water partition coefficient (Wildman–Crippen LogP) is 1.25. The molecule has 10 heteroatoms. The fourth-order valence-corrected chi connectivity index (χ4v) is 3.49. The highest BCUT2D eigenvalue weighted by molar-refractivity contribution is 6.02. The summed E-state index contributed by atoms with van der Waals surface area (Å²) >= 11 is 0. The van der Waals surface area contributed by atoms with Gasteiger partial charge in [-0.1, -0.05) is 30.3 Å². The maximum Gasteiger partial charge on any atom is 0.322 e. The highest BCUT2D eigenvalue weighted by Crippen LogP contribution is 2.17. The van der Waals surface area contributed by atoms with E-state index in [2.05, 4.69) is 25.7 Å². The summed E-state index contributed by atoms with van der Waals surface area (Å²) in [6.07, 6.45) is 1.57. The van der Waals surface area contributed by atoms with Crippen molar-refractivity contribution in [1.29, 1.82) is 0 Å². The van der Waals surface area contributed by atoms with E-state index in [4.69, 9.17) is 0 Å². The number of aromatic amines is 1. The second kappa shape index (κ2) is 8.42. The molecule has 3 aromatic rings. The topological polar surface area (TPSA) is 125 Å². The molecule has 3 heterocycles. The van der Waals surface area contributed by atoms with Crippen molar-refractivity contribution in [3.05, 3.63) is 59.7 Å². The fraction of sp³-hybridized carbons (Fsp3) is 0.286. The van der Waals surface area contributed by atoms with Gasteiger partial charge in [0.25, 0.3) is 0 Å². The number of amides is 4. The Morgan fingerprint density at radius 2 is 2.00 bits per heavy atom. The van der Waals surface area contributed by atoms with Crippen LogP contribution >= 0.6 is 0 Å². The monoisotopic (exact) mass is 421 g/mol. The van der Waals surface area contributed by atoms with Crippen LogP contribution in [0, 0.1) is 6.92 Å². The molecule has 4 amide bonds. The summed E-state index contributed by atoms with van der Waals surface area (Å²) < 4.78 is 1.73. The number of urea groups is 1. The molecule has 4 rings (SSSR count). The number of rotatable bonds is 6. The molecule has 1 atom stereocenters. The smallest absolute Gasteiger partial charge is 0.322 e. The van der Waals surface area contributed by atoms with E-state index in [0.717, 1.165) is 17.0 Å². The van der Waals surface area contributed by atoms with Crippen LogP contribution in [0.3, 0.4) is 0 Å². The Kier molecular flexibility index (Phi) is 5.52. The molecule has 160 valence electrons. The maximum atomic E-state index is 13.2. The highest BCUT2D eigenvalue weighted by atomic mass is 16.2. The molecule has 1 unspecified atom stereocenters. The van der Waals surface area contributed by atoms with Gasteiger partial charge in [0.15, 0.2) is 0 Å². The molecule has 1 aliphatic rings. The lowest BCUT2D eigenvalue weighted by atomic mass is 10.1. The normalized spacial score (nSPS) is 16.0. The van der Waals surface area contributed by atoms with Gasteiger partial charge in [-0.2, -0.15) is 5.10 Å². The number of nitrogens with one attached hydrogen (secondary N) is 3. The predicted molar refractivity (Wildman–Crippen MR) is 111 cm³/mol. The third-order valence-electron chi connectivity index (χ3n) is 5.11. The first kappa shape index (κ1) is 20.3. The van der Waals surface area contributed by atoms with Gasteiger partial charge in [0.2, 0.25) is 11.8 Å². The number of hydrogen-bond donors (Lipinski definition) is 3. The summed E-state index contributed by atoms with van der Waals surface area (Å²) in [5.74, 6) is -0.145. The molecule has 1 aliphatic heterocycles. The second-order valence-electron chi connectivity index (χ2n) is 7.50. The van der Waals surface area contributed by atoms with Crippen LogP contribution in [0.2, 0.25) is 0 Å². The molecule has 0 spiro atoms. The van der Waals surface area contributed by atoms with Crippen molar-refractivity contribution in [3.63, 3.8) is 0 Å². The lowest BCUT2D eigenvalue weighted by Gasteiger charge is -2.29. The Labute approximate surface area is 178 Å². The number of aryl methyl sites for hydroxylation is 2. The van der Waals surface area contributed by atoms with Crippen molar-refractivity contribution in [1.82, 2.24) is 35.3 Å². The summed E-state index contributed by atoms with van der Waals surface area (Å²) in [5, 5.41) is 9.11. The quantitative estimate of drug-likeness (QED) is 0.552. The van der Waals surface area contributed by atoms with E-state index in [1.54, 1.807) is 15.8 Å². The van der Waals surface area contributed by atoms with Crippen LogP contribution in [0.15, 0.2) is 42.6 Å². The molecule has 31 heavy (non-hydrogen) atoms. The number of imidazole rings is 1. The minimum Gasteiger partial charge on any atom is -0.340 e. The van der Waals surface area contributed by atoms with Gasteiger partial charge in [0.05, 0.1) is 37.1 Å². The van der Waals surface area contributed by atoms with Crippen LogP contribution in [-0.4, -0.2) is 48.5 Å². The summed E-state index contributed by atoms with van der Waals surface area (Å²) in [4.78, 5) is 45.9. The average Bonchev–Trinajstić information content (AvgIpc) is 3.33. The van der Waals surface area contributed by atoms with Crippen LogP contribution in [0.5, 0.6) is 0 Å². The van der Waals surface area contributed by atoms with Gasteiger partial charge < -0.3 is 15.2 Å².